The summed E-state index contributed by atoms with van der Waals surface area (Å²) >= 11 is 0. The van der Waals surface area contributed by atoms with Crippen molar-refractivity contribution in [3.63, 3.8) is 0 Å². The average Bonchev–Trinajstić information content (AvgIpc) is 2.54. The van der Waals surface area contributed by atoms with E-state index in [1.807, 2.05) is 0 Å². The van der Waals surface area contributed by atoms with Gasteiger partial charge in [0.15, 0.2) is 0 Å². The molecule has 1 aliphatic heterocycles. The third kappa shape index (κ3) is 2.38. The molecule has 1 N–H and O–H groups in total. The second kappa shape index (κ2) is 5.58. The summed E-state index contributed by atoms with van der Waals surface area (Å²) in [7, 11) is 2.16. The van der Waals surface area contributed by atoms with Crippen molar-refractivity contribution in [2.24, 2.45) is 0 Å². The maximum Gasteiger partial charge on any atom is 0.0461 e. The number of aryl methyl sites for hydroxylation is 1. The van der Waals surface area contributed by atoms with Crippen LogP contribution in [0.1, 0.15) is 24.5 Å². The van der Waals surface area contributed by atoms with Crippen LogP contribution in [0.4, 0.5) is 17.1 Å². The number of hydrogen-bond acceptors (Lipinski definition) is 2. The van der Waals surface area contributed by atoms with Crippen molar-refractivity contribution in [2.75, 3.05) is 23.8 Å². The Hall–Kier alpha value is -1.96. The summed E-state index contributed by atoms with van der Waals surface area (Å²) in [6, 6.07) is 15.4. The molecule has 0 saturated heterocycles. The molecule has 0 radical (unpaired) electrons. The Balaban J connectivity index is 1.95. The lowest BCUT2D eigenvalue weighted by Crippen LogP contribution is -2.17. The molecule has 2 nitrogen and oxygen atoms in total. The first-order valence-electron chi connectivity index (χ1n) is 7.48. The molecular formula is C18H22N2. The van der Waals surface area contributed by atoms with Crippen LogP contribution in [0, 0.1) is 0 Å². The van der Waals surface area contributed by atoms with Gasteiger partial charge in [0.2, 0.25) is 0 Å². The molecule has 0 spiro atoms. The van der Waals surface area contributed by atoms with E-state index in [9.17, 15) is 0 Å². The summed E-state index contributed by atoms with van der Waals surface area (Å²) in [6.07, 6.45) is 3.47. The van der Waals surface area contributed by atoms with E-state index in [1.165, 1.54) is 34.6 Å². The smallest absolute Gasteiger partial charge is 0.0461 e. The third-order valence-electron chi connectivity index (χ3n) is 4.16. The van der Waals surface area contributed by atoms with Crippen LogP contribution in [-0.2, 0) is 12.8 Å². The second-order valence-electron chi connectivity index (χ2n) is 5.41. The van der Waals surface area contributed by atoms with E-state index < -0.39 is 0 Å². The zero-order valence-corrected chi connectivity index (χ0v) is 12.3. The highest BCUT2D eigenvalue weighted by Crippen LogP contribution is 2.34. The van der Waals surface area contributed by atoms with Crippen LogP contribution in [0.15, 0.2) is 42.5 Å². The van der Waals surface area contributed by atoms with Gasteiger partial charge in [-0.05, 0) is 54.7 Å². The normalized spacial score (nSPS) is 13.5. The summed E-state index contributed by atoms with van der Waals surface area (Å²) < 4.78 is 0. The van der Waals surface area contributed by atoms with Gasteiger partial charge in [-0.2, -0.15) is 0 Å². The molecule has 20 heavy (non-hydrogen) atoms. The molecule has 0 aromatic heterocycles. The Morgan fingerprint density at radius 2 is 1.90 bits per heavy atom. The molecule has 0 amide bonds. The number of rotatable bonds is 3. The molecule has 0 saturated carbocycles. The Kier molecular flexibility index (Phi) is 3.64. The van der Waals surface area contributed by atoms with Crippen molar-refractivity contribution in [1.82, 2.24) is 0 Å². The molecule has 3 rings (SSSR count). The summed E-state index contributed by atoms with van der Waals surface area (Å²) in [4.78, 5) is 2.30. The standard InChI is InChI=1S/C18H22N2/c1-3-14-9-11-15(12-10-14)20(2)18-8-4-7-17-16(18)6-5-13-19-17/h4,7-12,19H,3,5-6,13H2,1-2H3. The molecule has 0 bridgehead atoms. The van der Waals surface area contributed by atoms with E-state index in [0.717, 1.165) is 19.4 Å². The van der Waals surface area contributed by atoms with Crippen molar-refractivity contribution >= 4 is 17.1 Å². The molecule has 0 atom stereocenters. The Morgan fingerprint density at radius 1 is 1.10 bits per heavy atom. The topological polar surface area (TPSA) is 15.3 Å². The fourth-order valence-corrected chi connectivity index (χ4v) is 2.90. The van der Waals surface area contributed by atoms with Crippen LogP contribution in [0.3, 0.4) is 0 Å². The minimum Gasteiger partial charge on any atom is -0.385 e. The van der Waals surface area contributed by atoms with Gasteiger partial charge in [0.1, 0.15) is 0 Å². The Bertz CT molecular complexity index is 587. The lowest BCUT2D eigenvalue weighted by molar-refractivity contribution is 0.828. The quantitative estimate of drug-likeness (QED) is 0.887. The van der Waals surface area contributed by atoms with Gasteiger partial charge < -0.3 is 10.2 Å². The zero-order valence-electron chi connectivity index (χ0n) is 12.3. The summed E-state index contributed by atoms with van der Waals surface area (Å²) in [6.45, 7) is 3.28. The summed E-state index contributed by atoms with van der Waals surface area (Å²) in [5, 5.41) is 3.50. The van der Waals surface area contributed by atoms with Gasteiger partial charge in [-0.15, -0.1) is 0 Å². The lowest BCUT2D eigenvalue weighted by atomic mass is 10.0. The van der Waals surface area contributed by atoms with E-state index in [2.05, 4.69) is 66.7 Å². The average molecular weight is 266 g/mol. The fourth-order valence-electron chi connectivity index (χ4n) is 2.90. The van der Waals surface area contributed by atoms with Crippen molar-refractivity contribution in [3.8, 4) is 0 Å². The van der Waals surface area contributed by atoms with Gasteiger partial charge in [0.05, 0.1) is 0 Å². The number of fused-ring (bicyclic) bond motifs is 1. The predicted molar refractivity (Wildman–Crippen MR) is 87.1 cm³/mol. The zero-order chi connectivity index (χ0) is 13.9. The lowest BCUT2D eigenvalue weighted by Gasteiger charge is -2.27. The largest absolute Gasteiger partial charge is 0.385 e. The SMILES string of the molecule is CCc1ccc(N(C)c2cccc3c2CCCN3)cc1. The minimum atomic E-state index is 1.09. The third-order valence-corrected chi connectivity index (χ3v) is 4.16. The highest BCUT2D eigenvalue weighted by atomic mass is 15.1. The van der Waals surface area contributed by atoms with Gasteiger partial charge in [-0.1, -0.05) is 25.1 Å². The van der Waals surface area contributed by atoms with Gasteiger partial charge in [-0.25, -0.2) is 0 Å². The highest BCUT2D eigenvalue weighted by molar-refractivity contribution is 5.73. The monoisotopic (exact) mass is 266 g/mol. The molecule has 1 aliphatic rings. The van der Waals surface area contributed by atoms with Crippen LogP contribution >= 0.6 is 0 Å². The Labute approximate surface area is 121 Å². The molecule has 1 heterocycles. The molecule has 2 aromatic carbocycles. The fraction of sp³-hybridized carbons (Fsp3) is 0.333. The second-order valence-corrected chi connectivity index (χ2v) is 5.41. The van der Waals surface area contributed by atoms with Gasteiger partial charge in [0.25, 0.3) is 0 Å². The number of nitrogens with zero attached hydrogens (tertiary/aromatic N) is 1. The highest BCUT2D eigenvalue weighted by Gasteiger charge is 2.15. The molecule has 0 aliphatic carbocycles. The molecule has 0 fully saturated rings. The van der Waals surface area contributed by atoms with E-state index in [0.29, 0.717) is 0 Å². The van der Waals surface area contributed by atoms with Crippen LogP contribution in [-0.4, -0.2) is 13.6 Å². The maximum absolute atomic E-state index is 3.50. The van der Waals surface area contributed by atoms with Crippen LogP contribution in [0.5, 0.6) is 0 Å². The van der Waals surface area contributed by atoms with E-state index in [4.69, 9.17) is 0 Å². The van der Waals surface area contributed by atoms with E-state index >= 15 is 0 Å². The molecule has 2 heteroatoms. The molecule has 104 valence electrons. The first-order chi connectivity index (χ1) is 9.79. The first kappa shape index (κ1) is 13.0. The summed E-state index contributed by atoms with van der Waals surface area (Å²) in [5.74, 6) is 0. The number of anilines is 3. The van der Waals surface area contributed by atoms with Gasteiger partial charge in [-0.3, -0.25) is 0 Å². The van der Waals surface area contributed by atoms with Crippen LogP contribution in [0.25, 0.3) is 0 Å². The number of hydrogen-bond donors (Lipinski definition) is 1. The van der Waals surface area contributed by atoms with Crippen LogP contribution < -0.4 is 10.2 Å². The Morgan fingerprint density at radius 3 is 2.65 bits per heavy atom. The number of benzene rings is 2. The van der Waals surface area contributed by atoms with Crippen molar-refractivity contribution in [3.05, 3.63) is 53.6 Å². The van der Waals surface area contributed by atoms with E-state index in [-0.39, 0.29) is 0 Å². The molecule has 2 aromatic rings. The van der Waals surface area contributed by atoms with E-state index in [1.54, 1.807) is 0 Å². The first-order valence-corrected chi connectivity index (χ1v) is 7.48. The van der Waals surface area contributed by atoms with Crippen molar-refractivity contribution in [1.29, 1.82) is 0 Å². The van der Waals surface area contributed by atoms with Gasteiger partial charge in [0, 0.05) is 30.7 Å². The van der Waals surface area contributed by atoms with Gasteiger partial charge >= 0.3 is 0 Å². The maximum atomic E-state index is 3.50. The number of nitrogens with one attached hydrogen (secondary N) is 1. The van der Waals surface area contributed by atoms with Crippen molar-refractivity contribution < 1.29 is 0 Å². The van der Waals surface area contributed by atoms with Crippen molar-refractivity contribution in [2.45, 2.75) is 26.2 Å². The van der Waals surface area contributed by atoms with Crippen LogP contribution in [0.2, 0.25) is 0 Å². The molecular weight excluding hydrogens is 244 g/mol. The summed E-state index contributed by atoms with van der Waals surface area (Å²) in [5.41, 5.74) is 6.70. The predicted octanol–water partition coefficient (Wildman–Crippen LogP) is 4.38. The molecule has 0 unspecified atom stereocenters. The minimum absolute atomic E-state index is 1.09.